The molecule has 14 heavy (non-hydrogen) atoms. The Morgan fingerprint density at radius 2 is 1.79 bits per heavy atom. The van der Waals surface area contributed by atoms with E-state index in [1.165, 1.54) is 31.2 Å². The maximum Gasteiger partial charge on any atom is 0.118 e. The lowest BCUT2D eigenvalue weighted by Crippen LogP contribution is -1.87. The van der Waals surface area contributed by atoms with Crippen LogP contribution in [0.2, 0.25) is 0 Å². The molecule has 0 aromatic heterocycles. The van der Waals surface area contributed by atoms with Crippen molar-refractivity contribution in [3.8, 4) is 5.75 Å². The van der Waals surface area contributed by atoms with E-state index >= 15 is 0 Å². The highest BCUT2D eigenvalue weighted by molar-refractivity contribution is 5.27. The summed E-state index contributed by atoms with van der Waals surface area (Å²) in [6.45, 7) is 3.84. The fraction of sp³-hybridized carbons (Fsp3) is 0.462. The van der Waals surface area contributed by atoms with Crippen LogP contribution in [-0.4, -0.2) is 7.11 Å². The smallest absolute Gasteiger partial charge is 0.118 e. The van der Waals surface area contributed by atoms with Crippen molar-refractivity contribution in [3.05, 3.63) is 36.8 Å². The van der Waals surface area contributed by atoms with Crippen LogP contribution >= 0.6 is 0 Å². The quantitative estimate of drug-likeness (QED) is 0.624. The van der Waals surface area contributed by atoms with E-state index in [4.69, 9.17) is 4.74 Å². The molecule has 0 fully saturated rings. The van der Waals surface area contributed by atoms with Crippen LogP contribution in [-0.2, 0) is 6.42 Å². The summed E-state index contributed by atoms with van der Waals surface area (Å²) in [5.41, 5.74) is 1.40. The van der Waals surface area contributed by atoms with E-state index in [2.05, 4.69) is 19.1 Å². The Morgan fingerprint density at radius 3 is 2.36 bits per heavy atom. The summed E-state index contributed by atoms with van der Waals surface area (Å²) in [5, 5.41) is 0. The van der Waals surface area contributed by atoms with Crippen LogP contribution in [0, 0.1) is 6.92 Å². The number of ether oxygens (including phenoxy) is 1. The van der Waals surface area contributed by atoms with Gasteiger partial charge in [0.2, 0.25) is 0 Å². The predicted molar refractivity (Wildman–Crippen MR) is 60.5 cm³/mol. The van der Waals surface area contributed by atoms with Gasteiger partial charge in [0, 0.05) is 0 Å². The lowest BCUT2D eigenvalue weighted by Gasteiger charge is -2.03. The van der Waals surface area contributed by atoms with Crippen LogP contribution in [0.3, 0.4) is 0 Å². The van der Waals surface area contributed by atoms with Gasteiger partial charge in [-0.15, -0.1) is 0 Å². The molecule has 0 atom stereocenters. The summed E-state index contributed by atoms with van der Waals surface area (Å²) in [4.78, 5) is 0. The number of hydrogen-bond acceptors (Lipinski definition) is 1. The van der Waals surface area contributed by atoms with Gasteiger partial charge in [0.15, 0.2) is 0 Å². The Morgan fingerprint density at radius 1 is 1.07 bits per heavy atom. The van der Waals surface area contributed by atoms with Gasteiger partial charge in [-0.1, -0.05) is 38.3 Å². The van der Waals surface area contributed by atoms with Gasteiger partial charge in [0.1, 0.15) is 5.75 Å². The first-order valence-corrected chi connectivity index (χ1v) is 5.29. The van der Waals surface area contributed by atoms with Crippen molar-refractivity contribution in [2.45, 2.75) is 32.1 Å². The second-order valence-corrected chi connectivity index (χ2v) is 3.51. The van der Waals surface area contributed by atoms with Crippen LogP contribution in [0.25, 0.3) is 0 Å². The van der Waals surface area contributed by atoms with Gasteiger partial charge >= 0.3 is 0 Å². The van der Waals surface area contributed by atoms with E-state index in [-0.39, 0.29) is 0 Å². The normalized spacial score (nSPS) is 10.1. The van der Waals surface area contributed by atoms with Gasteiger partial charge in [0.05, 0.1) is 7.11 Å². The molecule has 77 valence electrons. The van der Waals surface area contributed by atoms with Gasteiger partial charge in [-0.3, -0.25) is 0 Å². The molecule has 1 nitrogen and oxygen atoms in total. The Labute approximate surface area is 87.1 Å². The van der Waals surface area contributed by atoms with Crippen LogP contribution in [0.5, 0.6) is 5.75 Å². The molecular formula is C13H19O. The zero-order valence-electron chi connectivity index (χ0n) is 8.96. The molecule has 0 saturated carbocycles. The van der Waals surface area contributed by atoms with Gasteiger partial charge in [-0.2, -0.15) is 0 Å². The van der Waals surface area contributed by atoms with Crippen molar-refractivity contribution in [1.29, 1.82) is 0 Å². The summed E-state index contributed by atoms with van der Waals surface area (Å²) < 4.78 is 5.10. The number of methoxy groups -OCH3 is 1. The molecule has 0 N–H and O–H groups in total. The summed E-state index contributed by atoms with van der Waals surface area (Å²) >= 11 is 0. The fourth-order valence-corrected chi connectivity index (χ4v) is 1.47. The molecule has 0 unspecified atom stereocenters. The SMILES string of the molecule is [CH2]CCCCCc1ccc(OC)cc1. The topological polar surface area (TPSA) is 9.23 Å². The molecule has 1 radical (unpaired) electrons. The largest absolute Gasteiger partial charge is 0.497 e. The standard InChI is InChI=1S/C13H19O/c1-3-4-5-6-7-12-8-10-13(14-2)11-9-12/h8-11H,1,3-7H2,2H3. The van der Waals surface area contributed by atoms with E-state index in [0.717, 1.165) is 12.2 Å². The van der Waals surface area contributed by atoms with E-state index in [9.17, 15) is 0 Å². The molecule has 1 aromatic carbocycles. The average Bonchev–Trinajstić information content (AvgIpc) is 2.25. The molecule has 0 aliphatic carbocycles. The number of unbranched alkanes of at least 4 members (excludes halogenated alkanes) is 3. The van der Waals surface area contributed by atoms with Crippen molar-refractivity contribution in [3.63, 3.8) is 0 Å². The Kier molecular flexibility index (Phi) is 5.13. The van der Waals surface area contributed by atoms with Crippen molar-refractivity contribution in [2.75, 3.05) is 7.11 Å². The zero-order chi connectivity index (χ0) is 10.2. The van der Waals surface area contributed by atoms with E-state index in [1.54, 1.807) is 7.11 Å². The first-order valence-electron chi connectivity index (χ1n) is 5.29. The minimum absolute atomic E-state index is 0.937. The summed E-state index contributed by atoms with van der Waals surface area (Å²) in [5.74, 6) is 0.937. The van der Waals surface area contributed by atoms with Crippen LogP contribution in [0.15, 0.2) is 24.3 Å². The molecule has 0 aliphatic rings. The second-order valence-electron chi connectivity index (χ2n) is 3.51. The molecule has 0 bridgehead atoms. The minimum Gasteiger partial charge on any atom is -0.497 e. The Hall–Kier alpha value is -0.980. The second kappa shape index (κ2) is 6.47. The van der Waals surface area contributed by atoms with E-state index < -0.39 is 0 Å². The average molecular weight is 191 g/mol. The molecule has 0 saturated heterocycles. The molecule has 0 heterocycles. The van der Waals surface area contributed by atoms with Crippen molar-refractivity contribution >= 4 is 0 Å². The third kappa shape index (κ3) is 3.82. The molecule has 1 heteroatoms. The fourth-order valence-electron chi connectivity index (χ4n) is 1.47. The lowest BCUT2D eigenvalue weighted by molar-refractivity contribution is 0.414. The molecule has 0 aliphatic heterocycles. The lowest BCUT2D eigenvalue weighted by atomic mass is 10.1. The molecular weight excluding hydrogens is 172 g/mol. The van der Waals surface area contributed by atoms with Crippen LogP contribution in [0.1, 0.15) is 31.2 Å². The first kappa shape index (κ1) is 11.1. The monoisotopic (exact) mass is 191 g/mol. The maximum absolute atomic E-state index is 5.10. The van der Waals surface area contributed by atoms with Crippen LogP contribution in [0.4, 0.5) is 0 Å². The van der Waals surface area contributed by atoms with Crippen molar-refractivity contribution in [1.82, 2.24) is 0 Å². The Bertz CT molecular complexity index is 238. The summed E-state index contributed by atoms with van der Waals surface area (Å²) in [7, 11) is 1.70. The van der Waals surface area contributed by atoms with Crippen molar-refractivity contribution < 1.29 is 4.74 Å². The molecule has 0 spiro atoms. The molecule has 0 amide bonds. The highest BCUT2D eigenvalue weighted by Crippen LogP contribution is 2.13. The van der Waals surface area contributed by atoms with Gasteiger partial charge in [-0.25, -0.2) is 0 Å². The van der Waals surface area contributed by atoms with E-state index in [1.807, 2.05) is 12.1 Å². The minimum atomic E-state index is 0.937. The number of benzene rings is 1. The van der Waals surface area contributed by atoms with Gasteiger partial charge in [-0.05, 0) is 30.5 Å². The van der Waals surface area contributed by atoms with Gasteiger partial charge < -0.3 is 4.74 Å². The van der Waals surface area contributed by atoms with Crippen LogP contribution < -0.4 is 4.74 Å². The highest BCUT2D eigenvalue weighted by Gasteiger charge is 1.94. The number of hydrogen-bond donors (Lipinski definition) is 0. The third-order valence-corrected chi connectivity index (χ3v) is 2.37. The first-order chi connectivity index (χ1) is 6.86. The number of aryl methyl sites for hydroxylation is 1. The number of rotatable bonds is 6. The molecule has 1 rings (SSSR count). The van der Waals surface area contributed by atoms with Crippen molar-refractivity contribution in [2.24, 2.45) is 0 Å². The zero-order valence-corrected chi connectivity index (χ0v) is 8.96. The summed E-state index contributed by atoms with van der Waals surface area (Å²) in [6.07, 6.45) is 6.03. The predicted octanol–water partition coefficient (Wildman–Crippen LogP) is 3.63. The maximum atomic E-state index is 5.10. The Balaban J connectivity index is 2.29. The molecule has 1 aromatic rings. The van der Waals surface area contributed by atoms with Gasteiger partial charge in [0.25, 0.3) is 0 Å². The highest BCUT2D eigenvalue weighted by atomic mass is 16.5. The summed E-state index contributed by atoms with van der Waals surface area (Å²) in [6, 6.07) is 8.33. The third-order valence-electron chi connectivity index (χ3n) is 2.37. The van der Waals surface area contributed by atoms with E-state index in [0.29, 0.717) is 0 Å².